The van der Waals surface area contributed by atoms with Crippen molar-refractivity contribution in [3.63, 3.8) is 0 Å². The minimum atomic E-state index is -1.01. The maximum atomic E-state index is 13.6. The van der Waals surface area contributed by atoms with Gasteiger partial charge in [-0.2, -0.15) is 0 Å². The van der Waals surface area contributed by atoms with Gasteiger partial charge in [0, 0.05) is 24.4 Å². The lowest BCUT2D eigenvalue weighted by Crippen LogP contribution is -2.51. The molecule has 2 rings (SSSR count). The SMILES string of the molecule is CCC1CNCCC1(O)Cc1c(F)cccc1F. The van der Waals surface area contributed by atoms with Crippen molar-refractivity contribution in [1.82, 2.24) is 5.32 Å². The van der Waals surface area contributed by atoms with Crippen LogP contribution in [-0.4, -0.2) is 23.8 Å². The van der Waals surface area contributed by atoms with Crippen molar-refractivity contribution in [1.29, 1.82) is 0 Å². The Morgan fingerprint density at radius 2 is 2.06 bits per heavy atom. The molecule has 1 aromatic carbocycles. The van der Waals surface area contributed by atoms with E-state index in [2.05, 4.69) is 5.32 Å². The normalized spacial score (nSPS) is 28.3. The zero-order chi connectivity index (χ0) is 13.2. The predicted octanol–water partition coefficient (Wildman–Crippen LogP) is 2.26. The van der Waals surface area contributed by atoms with Gasteiger partial charge < -0.3 is 10.4 Å². The second kappa shape index (κ2) is 5.33. The van der Waals surface area contributed by atoms with E-state index in [4.69, 9.17) is 0 Å². The second-order valence-electron chi connectivity index (χ2n) is 5.04. The van der Waals surface area contributed by atoms with Crippen LogP contribution in [0.2, 0.25) is 0 Å². The van der Waals surface area contributed by atoms with Gasteiger partial charge in [-0.05, 0) is 31.5 Å². The monoisotopic (exact) mass is 255 g/mol. The number of rotatable bonds is 3. The van der Waals surface area contributed by atoms with Crippen LogP contribution < -0.4 is 5.32 Å². The lowest BCUT2D eigenvalue weighted by Gasteiger charge is -2.40. The quantitative estimate of drug-likeness (QED) is 0.868. The first kappa shape index (κ1) is 13.4. The van der Waals surface area contributed by atoms with Crippen LogP contribution >= 0.6 is 0 Å². The van der Waals surface area contributed by atoms with Crippen LogP contribution in [0.1, 0.15) is 25.3 Å². The molecule has 1 fully saturated rings. The van der Waals surface area contributed by atoms with Gasteiger partial charge in [-0.25, -0.2) is 8.78 Å². The molecule has 1 aliphatic rings. The molecule has 2 nitrogen and oxygen atoms in total. The Labute approximate surface area is 106 Å². The van der Waals surface area contributed by atoms with Gasteiger partial charge in [0.25, 0.3) is 0 Å². The summed E-state index contributed by atoms with van der Waals surface area (Å²) in [6.45, 7) is 3.37. The molecule has 4 heteroatoms. The number of halogens is 2. The number of piperidine rings is 1. The first-order valence-electron chi connectivity index (χ1n) is 6.43. The van der Waals surface area contributed by atoms with Gasteiger partial charge >= 0.3 is 0 Å². The number of aliphatic hydroxyl groups is 1. The van der Waals surface area contributed by atoms with E-state index in [-0.39, 0.29) is 17.9 Å². The summed E-state index contributed by atoms with van der Waals surface area (Å²) in [5, 5.41) is 13.9. The molecule has 1 heterocycles. The molecule has 2 N–H and O–H groups in total. The van der Waals surface area contributed by atoms with E-state index < -0.39 is 17.2 Å². The summed E-state index contributed by atoms with van der Waals surface area (Å²) in [6.07, 6.45) is 1.37. The Bertz CT molecular complexity index is 404. The standard InChI is InChI=1S/C14H19F2NO/c1-2-10-9-17-7-6-14(10,18)8-11-12(15)4-3-5-13(11)16/h3-5,10,17-18H,2,6-9H2,1H3. The van der Waals surface area contributed by atoms with Crippen LogP contribution in [-0.2, 0) is 6.42 Å². The molecule has 2 atom stereocenters. The molecule has 100 valence electrons. The molecule has 0 saturated carbocycles. The van der Waals surface area contributed by atoms with E-state index >= 15 is 0 Å². The minimum absolute atomic E-state index is 0.000324. The molecule has 1 saturated heterocycles. The van der Waals surface area contributed by atoms with Crippen molar-refractivity contribution in [3.8, 4) is 0 Å². The zero-order valence-electron chi connectivity index (χ0n) is 10.5. The molecule has 0 aromatic heterocycles. The van der Waals surface area contributed by atoms with Gasteiger partial charge in [-0.15, -0.1) is 0 Å². The van der Waals surface area contributed by atoms with E-state index in [0.717, 1.165) is 6.42 Å². The highest BCUT2D eigenvalue weighted by molar-refractivity contribution is 5.22. The van der Waals surface area contributed by atoms with Gasteiger partial charge in [0.05, 0.1) is 5.60 Å². The maximum Gasteiger partial charge on any atom is 0.129 e. The van der Waals surface area contributed by atoms with Crippen LogP contribution in [0.5, 0.6) is 0 Å². The largest absolute Gasteiger partial charge is 0.389 e. The molecule has 0 bridgehead atoms. The summed E-state index contributed by atoms with van der Waals surface area (Å²) < 4.78 is 27.3. The van der Waals surface area contributed by atoms with E-state index in [9.17, 15) is 13.9 Å². The van der Waals surface area contributed by atoms with Gasteiger partial charge in [-0.1, -0.05) is 13.0 Å². The van der Waals surface area contributed by atoms with Gasteiger partial charge in [0.15, 0.2) is 0 Å². The summed E-state index contributed by atoms with van der Waals surface area (Å²) in [7, 11) is 0. The minimum Gasteiger partial charge on any atom is -0.389 e. The highest BCUT2D eigenvalue weighted by Crippen LogP contribution is 2.32. The molecule has 0 spiro atoms. The predicted molar refractivity (Wildman–Crippen MR) is 66.3 cm³/mol. The Morgan fingerprint density at radius 3 is 2.67 bits per heavy atom. The molecule has 0 amide bonds. The Morgan fingerprint density at radius 1 is 1.39 bits per heavy atom. The molecule has 0 aliphatic carbocycles. The Balaban J connectivity index is 2.25. The van der Waals surface area contributed by atoms with Gasteiger partial charge in [0.1, 0.15) is 11.6 Å². The van der Waals surface area contributed by atoms with Crippen molar-refractivity contribution >= 4 is 0 Å². The average molecular weight is 255 g/mol. The molecular weight excluding hydrogens is 236 g/mol. The van der Waals surface area contributed by atoms with E-state index in [1.807, 2.05) is 6.92 Å². The van der Waals surface area contributed by atoms with Crippen LogP contribution in [0, 0.1) is 17.6 Å². The highest BCUT2D eigenvalue weighted by Gasteiger charge is 2.38. The molecular formula is C14H19F2NO. The third-order valence-corrected chi connectivity index (χ3v) is 3.92. The smallest absolute Gasteiger partial charge is 0.129 e. The fourth-order valence-corrected chi connectivity index (χ4v) is 2.74. The number of benzene rings is 1. The first-order chi connectivity index (χ1) is 8.57. The summed E-state index contributed by atoms with van der Waals surface area (Å²) in [5.41, 5.74) is -1.01. The first-order valence-corrected chi connectivity index (χ1v) is 6.43. The highest BCUT2D eigenvalue weighted by atomic mass is 19.1. The third-order valence-electron chi connectivity index (χ3n) is 3.92. The maximum absolute atomic E-state index is 13.6. The fourth-order valence-electron chi connectivity index (χ4n) is 2.74. The molecule has 2 unspecified atom stereocenters. The summed E-state index contributed by atoms with van der Waals surface area (Å²) in [4.78, 5) is 0. The number of hydrogen-bond donors (Lipinski definition) is 2. The lowest BCUT2D eigenvalue weighted by atomic mass is 9.76. The van der Waals surface area contributed by atoms with Crippen molar-refractivity contribution in [2.45, 2.75) is 31.8 Å². The summed E-state index contributed by atoms with van der Waals surface area (Å²) in [6, 6.07) is 3.82. The van der Waals surface area contributed by atoms with Crippen LogP contribution in [0.4, 0.5) is 8.78 Å². The van der Waals surface area contributed by atoms with Crippen LogP contribution in [0.25, 0.3) is 0 Å². The average Bonchev–Trinajstić information content (AvgIpc) is 2.35. The van der Waals surface area contributed by atoms with E-state index in [1.54, 1.807) is 0 Å². The molecule has 1 aromatic rings. The van der Waals surface area contributed by atoms with E-state index in [1.165, 1.54) is 18.2 Å². The summed E-state index contributed by atoms with van der Waals surface area (Å²) >= 11 is 0. The zero-order valence-corrected chi connectivity index (χ0v) is 10.5. The molecule has 0 radical (unpaired) electrons. The van der Waals surface area contributed by atoms with Crippen LogP contribution in [0.3, 0.4) is 0 Å². The van der Waals surface area contributed by atoms with Gasteiger partial charge in [-0.3, -0.25) is 0 Å². The fraction of sp³-hybridized carbons (Fsp3) is 0.571. The van der Waals surface area contributed by atoms with Gasteiger partial charge in [0.2, 0.25) is 0 Å². The second-order valence-corrected chi connectivity index (χ2v) is 5.04. The van der Waals surface area contributed by atoms with Crippen molar-refractivity contribution < 1.29 is 13.9 Å². The van der Waals surface area contributed by atoms with E-state index in [0.29, 0.717) is 19.5 Å². The van der Waals surface area contributed by atoms with Crippen molar-refractivity contribution in [2.24, 2.45) is 5.92 Å². The van der Waals surface area contributed by atoms with Crippen molar-refractivity contribution in [2.75, 3.05) is 13.1 Å². The Hall–Kier alpha value is -1.00. The van der Waals surface area contributed by atoms with Crippen LogP contribution in [0.15, 0.2) is 18.2 Å². The molecule has 1 aliphatic heterocycles. The number of hydrogen-bond acceptors (Lipinski definition) is 2. The van der Waals surface area contributed by atoms with Crippen molar-refractivity contribution in [3.05, 3.63) is 35.4 Å². The number of nitrogens with one attached hydrogen (secondary N) is 1. The lowest BCUT2D eigenvalue weighted by molar-refractivity contribution is -0.0425. The molecule has 18 heavy (non-hydrogen) atoms. The third kappa shape index (κ3) is 2.54. The topological polar surface area (TPSA) is 32.3 Å². The Kier molecular flexibility index (Phi) is 3.97. The summed E-state index contributed by atoms with van der Waals surface area (Å²) in [5.74, 6) is -1.11.